The van der Waals surface area contributed by atoms with Crippen molar-refractivity contribution in [3.63, 3.8) is 0 Å². The monoisotopic (exact) mass is 347 g/mol. The molecular formula is C20H21N5O. The molecule has 0 aliphatic carbocycles. The summed E-state index contributed by atoms with van der Waals surface area (Å²) < 4.78 is 0. The lowest BCUT2D eigenvalue weighted by Crippen LogP contribution is -2.34. The molecule has 1 atom stereocenters. The molecule has 3 aromatic heterocycles. The zero-order chi connectivity index (χ0) is 17.8. The summed E-state index contributed by atoms with van der Waals surface area (Å²) in [6, 6.07) is 9.46. The molecule has 6 nitrogen and oxygen atoms in total. The molecule has 0 amide bonds. The van der Waals surface area contributed by atoms with E-state index in [1.165, 1.54) is 5.56 Å². The van der Waals surface area contributed by atoms with Crippen molar-refractivity contribution in [3.05, 3.63) is 76.7 Å². The van der Waals surface area contributed by atoms with E-state index in [9.17, 15) is 4.79 Å². The Hall–Kier alpha value is -2.86. The molecule has 1 N–H and O–H groups in total. The summed E-state index contributed by atoms with van der Waals surface area (Å²) in [5, 5.41) is 0. The van der Waals surface area contributed by atoms with Crippen molar-refractivity contribution in [2.75, 3.05) is 13.1 Å². The second kappa shape index (κ2) is 7.58. The van der Waals surface area contributed by atoms with Crippen LogP contribution < -0.4 is 5.56 Å². The first kappa shape index (κ1) is 16.6. The van der Waals surface area contributed by atoms with Gasteiger partial charge in [-0.05, 0) is 43.1 Å². The minimum Gasteiger partial charge on any atom is -0.306 e. The maximum Gasteiger partial charge on any atom is 0.251 e. The van der Waals surface area contributed by atoms with Crippen LogP contribution in [0.4, 0.5) is 0 Å². The summed E-state index contributed by atoms with van der Waals surface area (Å²) >= 11 is 0. The van der Waals surface area contributed by atoms with Crippen molar-refractivity contribution in [2.45, 2.75) is 25.3 Å². The SMILES string of the molecule is O=c1cc([C@H]2CCCN(Cc3cccnc3)C2)nc(-c2cccnc2)[nH]1. The molecule has 26 heavy (non-hydrogen) atoms. The molecule has 0 saturated carbocycles. The third-order valence-electron chi connectivity index (χ3n) is 4.75. The molecule has 1 aliphatic heterocycles. The number of H-pyrrole nitrogens is 1. The van der Waals surface area contributed by atoms with Crippen LogP contribution in [0.15, 0.2) is 59.9 Å². The normalized spacial score (nSPS) is 17.9. The fraction of sp³-hybridized carbons (Fsp3) is 0.300. The lowest BCUT2D eigenvalue weighted by Gasteiger charge is -2.32. The number of piperidine rings is 1. The Labute approximate surface area is 152 Å². The fourth-order valence-electron chi connectivity index (χ4n) is 3.52. The highest BCUT2D eigenvalue weighted by Gasteiger charge is 2.23. The van der Waals surface area contributed by atoms with E-state index in [0.717, 1.165) is 43.7 Å². The van der Waals surface area contributed by atoms with Gasteiger partial charge in [0.25, 0.3) is 5.56 Å². The van der Waals surface area contributed by atoms with Crippen LogP contribution in [0.3, 0.4) is 0 Å². The summed E-state index contributed by atoms with van der Waals surface area (Å²) in [5.41, 5.74) is 2.79. The van der Waals surface area contributed by atoms with Crippen molar-refractivity contribution >= 4 is 0 Å². The van der Waals surface area contributed by atoms with Crippen molar-refractivity contribution < 1.29 is 0 Å². The molecule has 132 valence electrons. The highest BCUT2D eigenvalue weighted by atomic mass is 16.1. The van der Waals surface area contributed by atoms with E-state index in [1.54, 1.807) is 24.7 Å². The van der Waals surface area contributed by atoms with Crippen LogP contribution in [0.25, 0.3) is 11.4 Å². The number of hydrogen-bond acceptors (Lipinski definition) is 5. The highest BCUT2D eigenvalue weighted by Crippen LogP contribution is 2.26. The van der Waals surface area contributed by atoms with Crippen LogP contribution in [0.1, 0.15) is 30.0 Å². The van der Waals surface area contributed by atoms with E-state index >= 15 is 0 Å². The van der Waals surface area contributed by atoms with E-state index in [-0.39, 0.29) is 11.5 Å². The number of pyridine rings is 2. The van der Waals surface area contributed by atoms with Crippen LogP contribution in [0.2, 0.25) is 0 Å². The van der Waals surface area contributed by atoms with E-state index in [4.69, 9.17) is 4.98 Å². The number of hydrogen-bond donors (Lipinski definition) is 1. The Bertz CT molecular complexity index is 910. The largest absolute Gasteiger partial charge is 0.306 e. The van der Waals surface area contributed by atoms with Gasteiger partial charge in [-0.15, -0.1) is 0 Å². The third-order valence-corrected chi connectivity index (χ3v) is 4.75. The summed E-state index contributed by atoms with van der Waals surface area (Å²) in [7, 11) is 0. The molecule has 4 rings (SSSR count). The first-order valence-electron chi connectivity index (χ1n) is 8.91. The van der Waals surface area contributed by atoms with Crippen molar-refractivity contribution in [1.82, 2.24) is 24.8 Å². The Morgan fingerprint density at radius 2 is 2.00 bits per heavy atom. The fourth-order valence-corrected chi connectivity index (χ4v) is 3.52. The molecule has 1 saturated heterocycles. The van der Waals surface area contributed by atoms with Crippen LogP contribution in [-0.4, -0.2) is 37.9 Å². The third kappa shape index (κ3) is 3.86. The number of rotatable bonds is 4. The van der Waals surface area contributed by atoms with Crippen LogP contribution in [0.5, 0.6) is 0 Å². The number of likely N-dealkylation sites (tertiary alicyclic amines) is 1. The van der Waals surface area contributed by atoms with Gasteiger partial charge in [0.15, 0.2) is 0 Å². The zero-order valence-corrected chi connectivity index (χ0v) is 14.5. The van der Waals surface area contributed by atoms with Gasteiger partial charge >= 0.3 is 0 Å². The van der Waals surface area contributed by atoms with Gasteiger partial charge in [0, 0.05) is 55.4 Å². The highest BCUT2D eigenvalue weighted by molar-refractivity contribution is 5.52. The summed E-state index contributed by atoms with van der Waals surface area (Å²) in [6.45, 7) is 2.84. The molecule has 4 heterocycles. The van der Waals surface area contributed by atoms with Gasteiger partial charge in [-0.2, -0.15) is 0 Å². The van der Waals surface area contributed by atoms with Crippen molar-refractivity contribution in [1.29, 1.82) is 0 Å². The molecule has 6 heteroatoms. The average Bonchev–Trinajstić information content (AvgIpc) is 2.69. The summed E-state index contributed by atoms with van der Waals surface area (Å²) in [6.07, 6.45) is 9.28. The van der Waals surface area contributed by atoms with E-state index in [0.29, 0.717) is 5.82 Å². The Morgan fingerprint density at radius 3 is 2.77 bits per heavy atom. The van der Waals surface area contributed by atoms with Crippen molar-refractivity contribution in [2.24, 2.45) is 0 Å². The first-order chi connectivity index (χ1) is 12.8. The predicted octanol–water partition coefficient (Wildman–Crippen LogP) is 2.61. The number of nitrogens with one attached hydrogen (secondary N) is 1. The van der Waals surface area contributed by atoms with Gasteiger partial charge < -0.3 is 4.98 Å². The van der Waals surface area contributed by atoms with Crippen LogP contribution in [0, 0.1) is 0 Å². The topological polar surface area (TPSA) is 74.8 Å². The van der Waals surface area contributed by atoms with E-state index in [1.807, 2.05) is 24.4 Å². The minimum absolute atomic E-state index is 0.113. The Morgan fingerprint density at radius 1 is 1.15 bits per heavy atom. The molecule has 0 spiro atoms. The number of aromatic amines is 1. The Kier molecular flexibility index (Phi) is 4.84. The van der Waals surface area contributed by atoms with Gasteiger partial charge in [0.2, 0.25) is 0 Å². The molecule has 1 aliphatic rings. The average molecular weight is 347 g/mol. The van der Waals surface area contributed by atoms with E-state index in [2.05, 4.69) is 25.9 Å². The van der Waals surface area contributed by atoms with E-state index < -0.39 is 0 Å². The molecular weight excluding hydrogens is 326 g/mol. The smallest absolute Gasteiger partial charge is 0.251 e. The minimum atomic E-state index is -0.113. The van der Waals surface area contributed by atoms with Crippen LogP contribution in [-0.2, 0) is 6.54 Å². The molecule has 1 fully saturated rings. The Balaban J connectivity index is 1.55. The molecule has 0 unspecified atom stereocenters. The quantitative estimate of drug-likeness (QED) is 0.785. The molecule has 0 bridgehead atoms. The second-order valence-corrected chi connectivity index (χ2v) is 6.70. The van der Waals surface area contributed by atoms with Gasteiger partial charge in [-0.1, -0.05) is 6.07 Å². The summed E-state index contributed by atoms with van der Waals surface area (Å²) in [4.78, 5) is 30.4. The lowest BCUT2D eigenvalue weighted by atomic mass is 9.94. The molecule has 0 aromatic carbocycles. The maximum atomic E-state index is 12.2. The first-order valence-corrected chi connectivity index (χ1v) is 8.91. The predicted molar refractivity (Wildman–Crippen MR) is 99.6 cm³/mol. The van der Waals surface area contributed by atoms with Gasteiger partial charge in [0.05, 0.1) is 5.69 Å². The lowest BCUT2D eigenvalue weighted by molar-refractivity contribution is 0.198. The zero-order valence-electron chi connectivity index (χ0n) is 14.5. The van der Waals surface area contributed by atoms with Crippen molar-refractivity contribution in [3.8, 4) is 11.4 Å². The standard InChI is InChI=1S/C20H21N5O/c26-19-10-18(23-20(24-19)16-5-2-8-22-12-16)17-6-3-9-25(14-17)13-15-4-1-7-21-11-15/h1-2,4-5,7-8,10-12,17H,3,6,9,13-14H2,(H,23,24,26)/t17-/m0/s1. The number of aromatic nitrogens is 4. The van der Waals surface area contributed by atoms with Gasteiger partial charge in [-0.3, -0.25) is 19.7 Å². The molecule has 3 aromatic rings. The summed E-state index contributed by atoms with van der Waals surface area (Å²) in [5.74, 6) is 0.850. The van der Waals surface area contributed by atoms with Crippen LogP contribution >= 0.6 is 0 Å². The number of nitrogens with zero attached hydrogens (tertiary/aromatic N) is 4. The maximum absolute atomic E-state index is 12.2. The van der Waals surface area contributed by atoms with Gasteiger partial charge in [-0.25, -0.2) is 4.98 Å². The van der Waals surface area contributed by atoms with Gasteiger partial charge in [0.1, 0.15) is 5.82 Å². The molecule has 0 radical (unpaired) electrons. The second-order valence-electron chi connectivity index (χ2n) is 6.70.